The van der Waals surface area contributed by atoms with Gasteiger partial charge in [0.05, 0.1) is 11.7 Å². The first kappa shape index (κ1) is 26.7. The standard InChI is InChI=1S/C29H30N2O8/c1-12(32)13-4-6-14(7-5-13)16-8-9-19(33)21-17(16)10-15-11-18-23(31(2)3)25(35)22(28(30)38)27(37)29(18,39)26(36)20(15)24(21)34/h4-9,15,18,22-23,25,33-35,39H,10-11H2,1-3H3,(H2,30,38)/t15-,18-,22?,23-,25?,29-/m1/s1. The van der Waals surface area contributed by atoms with Gasteiger partial charge in [-0.1, -0.05) is 30.3 Å². The SMILES string of the molecule is CC(=O)c1ccc(-c2ccc(O)c3c2C[C@@H]2C[C@@H]4[C@@H](N(C)C)C(O)C(C(N)=O)C(=O)[C@]4(O)C(=O)C2=C3O)cc1. The number of likely N-dealkylation sites (N-methyl/N-ethyl adjacent to an activating group) is 1. The monoisotopic (exact) mass is 534 g/mol. The number of hydrogen-bond donors (Lipinski definition) is 5. The minimum absolute atomic E-state index is 0.0173. The average Bonchev–Trinajstić information content (AvgIpc) is 2.86. The van der Waals surface area contributed by atoms with E-state index >= 15 is 0 Å². The fourth-order valence-electron chi connectivity index (χ4n) is 6.76. The number of aliphatic hydroxyl groups excluding tert-OH is 2. The zero-order chi connectivity index (χ0) is 28.5. The maximum Gasteiger partial charge on any atom is 0.230 e. The van der Waals surface area contributed by atoms with Gasteiger partial charge in [0.25, 0.3) is 0 Å². The highest BCUT2D eigenvalue weighted by molar-refractivity contribution is 6.25. The molecule has 1 amide bonds. The van der Waals surface area contributed by atoms with Crippen LogP contribution in [0, 0.1) is 17.8 Å². The molecular formula is C29H30N2O8. The largest absolute Gasteiger partial charge is 0.507 e. The molecule has 6 N–H and O–H groups in total. The summed E-state index contributed by atoms with van der Waals surface area (Å²) < 4.78 is 0. The smallest absolute Gasteiger partial charge is 0.230 e. The molecule has 2 aromatic carbocycles. The van der Waals surface area contributed by atoms with Gasteiger partial charge in [0.1, 0.15) is 17.4 Å². The molecule has 10 heteroatoms. The molecule has 2 aromatic rings. The fraction of sp³-hybridized carbons (Fsp3) is 0.379. The normalized spacial score (nSPS) is 30.1. The number of aliphatic hydroxyl groups is 3. The zero-order valence-electron chi connectivity index (χ0n) is 21.7. The Hall–Kier alpha value is -3.86. The number of carbonyl (C=O) groups is 4. The van der Waals surface area contributed by atoms with Crippen LogP contribution in [-0.4, -0.2) is 80.4 Å². The van der Waals surface area contributed by atoms with Crippen molar-refractivity contribution in [1.29, 1.82) is 0 Å². The number of phenolic OH excluding ortho intramolecular Hbond substituents is 1. The molecule has 0 radical (unpaired) electrons. The molecule has 0 bridgehead atoms. The summed E-state index contributed by atoms with van der Waals surface area (Å²) in [5.41, 5.74) is 5.02. The van der Waals surface area contributed by atoms with Gasteiger partial charge in [-0.15, -0.1) is 0 Å². The molecular weight excluding hydrogens is 504 g/mol. The number of nitrogens with two attached hydrogens (primary N) is 1. The number of ketones is 3. The summed E-state index contributed by atoms with van der Waals surface area (Å²) >= 11 is 0. The first-order valence-corrected chi connectivity index (χ1v) is 12.7. The van der Waals surface area contributed by atoms with Gasteiger partial charge in [-0.3, -0.25) is 19.2 Å². The van der Waals surface area contributed by atoms with Crippen LogP contribution < -0.4 is 5.73 Å². The van der Waals surface area contributed by atoms with E-state index in [0.717, 1.165) is 5.56 Å². The molecule has 0 aromatic heterocycles. The number of aromatic hydroxyl groups is 1. The summed E-state index contributed by atoms with van der Waals surface area (Å²) in [7, 11) is 3.21. The minimum Gasteiger partial charge on any atom is -0.507 e. The van der Waals surface area contributed by atoms with E-state index in [9.17, 15) is 39.6 Å². The molecule has 10 nitrogen and oxygen atoms in total. The van der Waals surface area contributed by atoms with Gasteiger partial charge in [0.2, 0.25) is 11.7 Å². The van der Waals surface area contributed by atoms with Crippen LogP contribution in [0.5, 0.6) is 5.75 Å². The maximum atomic E-state index is 13.9. The van der Waals surface area contributed by atoms with Crippen LogP contribution in [0.15, 0.2) is 42.0 Å². The summed E-state index contributed by atoms with van der Waals surface area (Å²) in [5, 5.41) is 44.7. The Morgan fingerprint density at radius 3 is 2.26 bits per heavy atom. The van der Waals surface area contributed by atoms with Gasteiger partial charge >= 0.3 is 0 Å². The molecule has 2 unspecified atom stereocenters. The molecule has 2 saturated carbocycles. The van der Waals surface area contributed by atoms with E-state index in [4.69, 9.17) is 5.73 Å². The third-order valence-corrected chi connectivity index (χ3v) is 8.57. The van der Waals surface area contributed by atoms with E-state index in [0.29, 0.717) is 16.7 Å². The van der Waals surface area contributed by atoms with Crippen molar-refractivity contribution in [3.05, 3.63) is 58.7 Å². The number of hydrogen-bond acceptors (Lipinski definition) is 9. The van der Waals surface area contributed by atoms with Crippen LogP contribution in [0.2, 0.25) is 0 Å². The summed E-state index contributed by atoms with van der Waals surface area (Å²) in [6.45, 7) is 1.46. The molecule has 0 spiro atoms. The second-order valence-electron chi connectivity index (χ2n) is 10.9. The zero-order valence-corrected chi connectivity index (χ0v) is 21.7. The molecule has 204 valence electrons. The summed E-state index contributed by atoms with van der Waals surface area (Å²) in [4.78, 5) is 52.7. The van der Waals surface area contributed by atoms with E-state index < -0.39 is 58.7 Å². The fourth-order valence-corrected chi connectivity index (χ4v) is 6.76. The predicted octanol–water partition coefficient (Wildman–Crippen LogP) is 0.999. The summed E-state index contributed by atoms with van der Waals surface area (Å²) in [6.07, 6.45) is -1.32. The number of nitrogens with zero attached hydrogens (tertiary/aromatic N) is 1. The van der Waals surface area contributed by atoms with Gasteiger partial charge in [0.15, 0.2) is 17.2 Å². The lowest BCUT2D eigenvalue weighted by Gasteiger charge is -2.53. The molecule has 3 aliphatic rings. The Balaban J connectivity index is 1.68. The van der Waals surface area contributed by atoms with Gasteiger partial charge in [-0.05, 0) is 62.5 Å². The molecule has 5 rings (SSSR count). The van der Waals surface area contributed by atoms with Crippen LogP contribution >= 0.6 is 0 Å². The van der Waals surface area contributed by atoms with Crippen molar-refractivity contribution < 1.29 is 39.6 Å². The highest BCUT2D eigenvalue weighted by Gasteiger charge is 2.67. The lowest BCUT2D eigenvalue weighted by molar-refractivity contribution is -0.184. The Bertz CT molecular complexity index is 1460. The Labute approximate surface area is 224 Å². The van der Waals surface area contributed by atoms with Gasteiger partial charge in [0, 0.05) is 23.1 Å². The first-order chi connectivity index (χ1) is 18.3. The number of carbonyl (C=O) groups excluding carboxylic acids is 4. The van der Waals surface area contributed by atoms with E-state index in [1.54, 1.807) is 49.3 Å². The lowest BCUT2D eigenvalue weighted by Crippen LogP contribution is -2.73. The van der Waals surface area contributed by atoms with Crippen molar-refractivity contribution in [3.63, 3.8) is 0 Å². The number of benzene rings is 2. The highest BCUT2D eigenvalue weighted by Crippen LogP contribution is 2.53. The molecule has 2 fully saturated rings. The lowest BCUT2D eigenvalue weighted by atomic mass is 9.54. The van der Waals surface area contributed by atoms with E-state index in [1.807, 2.05) is 0 Å². The molecule has 0 saturated heterocycles. The second-order valence-corrected chi connectivity index (χ2v) is 10.9. The second kappa shape index (κ2) is 9.11. The number of amides is 1. The number of Topliss-reactive ketones (excluding diaryl/α,β-unsaturated/α-hetero) is 3. The summed E-state index contributed by atoms with van der Waals surface area (Å²) in [6, 6.07) is 8.97. The van der Waals surface area contributed by atoms with Gasteiger partial charge in [-0.2, -0.15) is 0 Å². The molecule has 6 atom stereocenters. The third kappa shape index (κ3) is 3.74. The van der Waals surface area contributed by atoms with Crippen LogP contribution in [0.25, 0.3) is 16.9 Å². The number of fused-ring (bicyclic) bond motifs is 3. The highest BCUT2D eigenvalue weighted by atomic mass is 16.3. The van der Waals surface area contributed by atoms with Crippen molar-refractivity contribution in [1.82, 2.24) is 4.90 Å². The van der Waals surface area contributed by atoms with Crippen molar-refractivity contribution in [2.75, 3.05) is 14.1 Å². The van der Waals surface area contributed by atoms with Gasteiger partial charge in [-0.25, -0.2) is 0 Å². The number of primary amides is 1. The van der Waals surface area contributed by atoms with Crippen molar-refractivity contribution >= 4 is 29.0 Å². The number of phenols is 1. The Kier molecular flexibility index (Phi) is 6.25. The van der Waals surface area contributed by atoms with Crippen LogP contribution in [0.4, 0.5) is 0 Å². The van der Waals surface area contributed by atoms with E-state index in [2.05, 4.69) is 0 Å². The quantitative estimate of drug-likeness (QED) is 0.283. The Morgan fingerprint density at radius 2 is 1.69 bits per heavy atom. The molecule has 0 heterocycles. The summed E-state index contributed by atoms with van der Waals surface area (Å²) in [5.74, 6) is -7.88. The first-order valence-electron chi connectivity index (χ1n) is 12.7. The molecule has 3 aliphatic carbocycles. The maximum absolute atomic E-state index is 13.9. The third-order valence-electron chi connectivity index (χ3n) is 8.57. The predicted molar refractivity (Wildman–Crippen MR) is 140 cm³/mol. The van der Waals surface area contributed by atoms with Crippen molar-refractivity contribution in [2.45, 2.75) is 37.5 Å². The van der Waals surface area contributed by atoms with Crippen molar-refractivity contribution in [3.8, 4) is 16.9 Å². The van der Waals surface area contributed by atoms with E-state index in [1.165, 1.54) is 13.0 Å². The topological polar surface area (TPSA) is 178 Å². The van der Waals surface area contributed by atoms with Crippen LogP contribution in [0.1, 0.15) is 34.8 Å². The van der Waals surface area contributed by atoms with Crippen LogP contribution in [0.3, 0.4) is 0 Å². The molecule has 0 aliphatic heterocycles. The number of rotatable bonds is 4. The van der Waals surface area contributed by atoms with E-state index in [-0.39, 0.29) is 35.5 Å². The van der Waals surface area contributed by atoms with Crippen molar-refractivity contribution in [2.24, 2.45) is 23.5 Å². The molecule has 39 heavy (non-hydrogen) atoms. The van der Waals surface area contributed by atoms with Crippen LogP contribution in [-0.2, 0) is 20.8 Å². The van der Waals surface area contributed by atoms with Gasteiger partial charge < -0.3 is 31.1 Å². The minimum atomic E-state index is -2.69. The average molecular weight is 535 g/mol. The Morgan fingerprint density at radius 1 is 1.05 bits per heavy atom.